The lowest BCUT2D eigenvalue weighted by atomic mass is 9.49. The Bertz CT molecular complexity index is 474. The van der Waals surface area contributed by atoms with Crippen LogP contribution in [-0.2, 0) is 0 Å². The number of allylic oxidation sites excluding steroid dienone is 2. The van der Waals surface area contributed by atoms with Crippen LogP contribution in [0.3, 0.4) is 0 Å². The smallest absolute Gasteiger partial charge is 0.0800 e. The molecule has 0 saturated heterocycles. The molecule has 0 spiro atoms. The molecule has 126 valence electrons. The van der Waals surface area contributed by atoms with Crippen LogP contribution in [0, 0.1) is 16.7 Å². The molecule has 2 aliphatic carbocycles. The largest absolute Gasteiger partial charge is 0.386 e. The van der Waals surface area contributed by atoms with Gasteiger partial charge >= 0.3 is 0 Å². The predicted octanol–water partition coefficient (Wildman–Crippen LogP) is 6.02. The highest BCUT2D eigenvalue weighted by atomic mass is 79.9. The third-order valence-corrected chi connectivity index (χ3v) is 8.36. The van der Waals surface area contributed by atoms with E-state index < -0.39 is 5.60 Å². The van der Waals surface area contributed by atoms with Gasteiger partial charge in [0.1, 0.15) is 0 Å². The van der Waals surface area contributed by atoms with Gasteiger partial charge in [-0.3, -0.25) is 0 Å². The van der Waals surface area contributed by atoms with E-state index in [1.54, 1.807) is 17.2 Å². The first-order valence-electron chi connectivity index (χ1n) is 8.74. The summed E-state index contributed by atoms with van der Waals surface area (Å²) in [6, 6.07) is 0. The summed E-state index contributed by atoms with van der Waals surface area (Å²) in [5, 5.41) is 10.3. The number of rotatable bonds is 4. The fraction of sp³-hybridized carbons (Fsp3) is 0.800. The molecule has 22 heavy (non-hydrogen) atoms. The molecule has 1 unspecified atom stereocenters. The van der Waals surface area contributed by atoms with Crippen molar-refractivity contribution in [1.82, 2.24) is 0 Å². The van der Waals surface area contributed by atoms with Crippen molar-refractivity contribution in [2.24, 2.45) is 16.7 Å². The maximum atomic E-state index is 10.3. The molecule has 0 aromatic heterocycles. The average molecular weight is 369 g/mol. The Kier molecular flexibility index (Phi) is 5.06. The van der Waals surface area contributed by atoms with Crippen LogP contribution in [0.15, 0.2) is 23.8 Å². The van der Waals surface area contributed by atoms with E-state index in [-0.39, 0.29) is 0 Å². The maximum absolute atomic E-state index is 10.3. The van der Waals surface area contributed by atoms with Crippen LogP contribution >= 0.6 is 15.9 Å². The molecule has 0 bridgehead atoms. The van der Waals surface area contributed by atoms with Gasteiger partial charge in [0.2, 0.25) is 0 Å². The SMILES string of the molecule is C=CC(C)(O)CCC1=C(C)CC[C@@H]2C(C)(C)[C@H](Br)CC[C@@]12C. The number of aliphatic hydroxyl groups is 1. The molecule has 1 nitrogen and oxygen atoms in total. The van der Waals surface area contributed by atoms with Gasteiger partial charge in [-0.15, -0.1) is 6.58 Å². The molecule has 0 aromatic carbocycles. The molecule has 0 aromatic rings. The van der Waals surface area contributed by atoms with E-state index in [9.17, 15) is 5.11 Å². The second kappa shape index (κ2) is 6.09. The van der Waals surface area contributed by atoms with Gasteiger partial charge in [0.05, 0.1) is 5.60 Å². The summed E-state index contributed by atoms with van der Waals surface area (Å²) in [6.07, 6.45) is 8.50. The van der Waals surface area contributed by atoms with Crippen molar-refractivity contribution in [1.29, 1.82) is 0 Å². The standard InChI is InChI=1S/C20H33BrO/c1-7-19(5,22)12-10-15-14(2)8-9-16-18(3,4)17(21)11-13-20(15,16)6/h7,16-17,22H,1,8-13H2,2-6H3/t16-,17-,19?,20+/m1/s1. The first-order chi connectivity index (χ1) is 10.0. The van der Waals surface area contributed by atoms with Crippen molar-refractivity contribution in [3.05, 3.63) is 23.8 Å². The van der Waals surface area contributed by atoms with Crippen LogP contribution in [0.25, 0.3) is 0 Å². The van der Waals surface area contributed by atoms with Gasteiger partial charge in [0.25, 0.3) is 0 Å². The topological polar surface area (TPSA) is 20.2 Å². The molecule has 0 radical (unpaired) electrons. The van der Waals surface area contributed by atoms with Crippen molar-refractivity contribution in [2.45, 2.75) is 83.6 Å². The minimum absolute atomic E-state index is 0.299. The Morgan fingerprint density at radius 3 is 2.59 bits per heavy atom. The van der Waals surface area contributed by atoms with Gasteiger partial charge in [-0.05, 0) is 69.1 Å². The van der Waals surface area contributed by atoms with Crippen molar-refractivity contribution < 1.29 is 5.11 Å². The Morgan fingerprint density at radius 2 is 2.00 bits per heavy atom. The first-order valence-corrected chi connectivity index (χ1v) is 9.65. The predicted molar refractivity (Wildman–Crippen MR) is 99.3 cm³/mol. The molecule has 2 rings (SSSR count). The number of hydrogen-bond acceptors (Lipinski definition) is 1. The minimum Gasteiger partial charge on any atom is -0.386 e. The van der Waals surface area contributed by atoms with Crippen LogP contribution in [0.4, 0.5) is 0 Å². The van der Waals surface area contributed by atoms with E-state index in [1.165, 1.54) is 25.7 Å². The van der Waals surface area contributed by atoms with Gasteiger partial charge in [0.15, 0.2) is 0 Å². The van der Waals surface area contributed by atoms with E-state index in [4.69, 9.17) is 0 Å². The monoisotopic (exact) mass is 368 g/mol. The van der Waals surface area contributed by atoms with E-state index in [0.29, 0.717) is 15.7 Å². The molecule has 1 N–H and O–H groups in total. The summed E-state index contributed by atoms with van der Waals surface area (Å²) in [7, 11) is 0. The summed E-state index contributed by atoms with van der Waals surface area (Å²) in [6.45, 7) is 15.3. The molecule has 0 amide bonds. The third-order valence-electron chi connectivity index (χ3n) is 6.73. The zero-order chi connectivity index (χ0) is 16.8. The highest BCUT2D eigenvalue weighted by Gasteiger charge is 2.53. The van der Waals surface area contributed by atoms with E-state index in [1.807, 2.05) is 6.92 Å². The van der Waals surface area contributed by atoms with Crippen LogP contribution < -0.4 is 0 Å². The van der Waals surface area contributed by atoms with Crippen molar-refractivity contribution in [2.75, 3.05) is 0 Å². The molecule has 0 heterocycles. The summed E-state index contributed by atoms with van der Waals surface area (Å²) in [5.41, 5.74) is 3.08. The van der Waals surface area contributed by atoms with Gasteiger partial charge < -0.3 is 5.11 Å². The average Bonchev–Trinajstić information content (AvgIpc) is 2.42. The quantitative estimate of drug-likeness (QED) is 0.475. The van der Waals surface area contributed by atoms with Crippen molar-refractivity contribution in [3.8, 4) is 0 Å². The molecule has 0 aliphatic heterocycles. The Labute approximate surface area is 145 Å². The molecule has 2 heteroatoms. The molecular weight excluding hydrogens is 336 g/mol. The highest BCUT2D eigenvalue weighted by molar-refractivity contribution is 9.09. The van der Waals surface area contributed by atoms with Crippen LogP contribution in [0.2, 0.25) is 0 Å². The molecular formula is C20H33BrO. The summed E-state index contributed by atoms with van der Waals surface area (Å²) in [4.78, 5) is 0.619. The lowest BCUT2D eigenvalue weighted by Crippen LogP contribution is -2.50. The Balaban J connectivity index is 2.30. The summed E-state index contributed by atoms with van der Waals surface area (Å²) >= 11 is 3.94. The van der Waals surface area contributed by atoms with Crippen molar-refractivity contribution in [3.63, 3.8) is 0 Å². The maximum Gasteiger partial charge on any atom is 0.0800 e. The zero-order valence-electron chi connectivity index (χ0n) is 15.0. The number of fused-ring (bicyclic) bond motifs is 1. The summed E-state index contributed by atoms with van der Waals surface area (Å²) in [5.74, 6) is 0.727. The Morgan fingerprint density at radius 1 is 1.36 bits per heavy atom. The fourth-order valence-electron chi connectivity index (χ4n) is 5.04. The fourth-order valence-corrected chi connectivity index (χ4v) is 5.59. The minimum atomic E-state index is -0.751. The lowest BCUT2D eigenvalue weighted by molar-refractivity contribution is 0.0151. The van der Waals surface area contributed by atoms with Gasteiger partial charge in [-0.1, -0.05) is 53.9 Å². The van der Waals surface area contributed by atoms with E-state index >= 15 is 0 Å². The van der Waals surface area contributed by atoms with E-state index in [2.05, 4.69) is 50.2 Å². The normalized spacial score (nSPS) is 37.4. The third kappa shape index (κ3) is 3.11. The molecule has 1 saturated carbocycles. The van der Waals surface area contributed by atoms with Crippen molar-refractivity contribution >= 4 is 15.9 Å². The highest BCUT2D eigenvalue weighted by Crippen LogP contribution is 2.61. The van der Waals surface area contributed by atoms with Gasteiger partial charge in [-0.2, -0.15) is 0 Å². The zero-order valence-corrected chi connectivity index (χ0v) is 16.6. The number of alkyl halides is 1. The number of hydrogen-bond donors (Lipinski definition) is 1. The first kappa shape index (κ1) is 18.3. The van der Waals surface area contributed by atoms with Crippen LogP contribution in [0.1, 0.15) is 73.1 Å². The second-order valence-electron chi connectivity index (χ2n) is 8.66. The van der Waals surface area contributed by atoms with Crippen LogP contribution in [-0.4, -0.2) is 15.5 Å². The van der Waals surface area contributed by atoms with Gasteiger partial charge in [-0.25, -0.2) is 0 Å². The number of halogens is 1. The van der Waals surface area contributed by atoms with Gasteiger partial charge in [0, 0.05) is 4.83 Å². The van der Waals surface area contributed by atoms with Crippen LogP contribution in [0.5, 0.6) is 0 Å². The lowest BCUT2D eigenvalue weighted by Gasteiger charge is -2.57. The Hall–Kier alpha value is -0.0800. The molecule has 1 fully saturated rings. The van der Waals surface area contributed by atoms with E-state index in [0.717, 1.165) is 18.8 Å². The second-order valence-corrected chi connectivity index (χ2v) is 9.76. The molecule has 2 aliphatic rings. The summed E-state index contributed by atoms with van der Waals surface area (Å²) < 4.78 is 0. The molecule has 4 atom stereocenters.